The van der Waals surface area contributed by atoms with Crippen LogP contribution in [0.15, 0.2) is 48.5 Å². The van der Waals surface area contributed by atoms with E-state index in [1.807, 2.05) is 38.1 Å². The lowest BCUT2D eigenvalue weighted by Crippen LogP contribution is -2.22. The number of carbonyl (C=O) groups excluding carboxylic acids is 2. The number of nitrogens with one attached hydrogen (secondary N) is 2. The van der Waals surface area contributed by atoms with Crippen LogP contribution >= 0.6 is 11.3 Å². The molecule has 5 nitrogen and oxygen atoms in total. The zero-order chi connectivity index (χ0) is 18.5. The number of amides is 2. The number of benzene rings is 2. The molecule has 3 aromatic rings. The molecule has 26 heavy (non-hydrogen) atoms. The van der Waals surface area contributed by atoms with Crippen LogP contribution in [-0.2, 0) is 4.79 Å². The van der Waals surface area contributed by atoms with Gasteiger partial charge in [-0.2, -0.15) is 0 Å². The Hall–Kier alpha value is -2.73. The van der Waals surface area contributed by atoms with E-state index in [1.54, 1.807) is 24.3 Å². The Morgan fingerprint density at radius 1 is 1.04 bits per heavy atom. The molecule has 1 heterocycles. The number of aromatic nitrogens is 1. The number of thiazole rings is 1. The minimum Gasteiger partial charge on any atom is -0.326 e. The zero-order valence-electron chi connectivity index (χ0n) is 14.8. The maximum Gasteiger partial charge on any atom is 0.257 e. The highest BCUT2D eigenvalue weighted by Crippen LogP contribution is 2.26. The Labute approximate surface area is 156 Å². The van der Waals surface area contributed by atoms with Gasteiger partial charge in [0.2, 0.25) is 5.91 Å². The van der Waals surface area contributed by atoms with Gasteiger partial charge in [0, 0.05) is 17.2 Å². The van der Waals surface area contributed by atoms with E-state index >= 15 is 0 Å². The molecule has 0 bridgehead atoms. The Kier molecular flexibility index (Phi) is 5.63. The summed E-state index contributed by atoms with van der Waals surface area (Å²) in [6.45, 7) is 3.99. The monoisotopic (exact) mass is 367 g/mol. The zero-order valence-corrected chi connectivity index (χ0v) is 15.6. The van der Waals surface area contributed by atoms with E-state index in [0.717, 1.165) is 23.1 Å². The van der Waals surface area contributed by atoms with E-state index in [1.165, 1.54) is 11.3 Å². The van der Waals surface area contributed by atoms with Crippen LogP contribution in [0, 0.1) is 5.92 Å². The maximum absolute atomic E-state index is 12.5. The van der Waals surface area contributed by atoms with Crippen molar-refractivity contribution in [1.29, 1.82) is 0 Å². The van der Waals surface area contributed by atoms with Gasteiger partial charge in [-0.3, -0.25) is 14.9 Å². The van der Waals surface area contributed by atoms with Gasteiger partial charge in [0.25, 0.3) is 5.91 Å². The molecule has 2 aromatic carbocycles. The Morgan fingerprint density at radius 2 is 1.81 bits per heavy atom. The highest BCUT2D eigenvalue weighted by molar-refractivity contribution is 7.22. The van der Waals surface area contributed by atoms with Crippen LogP contribution in [0.2, 0.25) is 0 Å². The van der Waals surface area contributed by atoms with Gasteiger partial charge in [-0.1, -0.05) is 43.4 Å². The summed E-state index contributed by atoms with van der Waals surface area (Å²) in [7, 11) is 0. The molecule has 0 aliphatic rings. The molecule has 134 valence electrons. The van der Waals surface area contributed by atoms with Crippen molar-refractivity contribution in [3.63, 3.8) is 0 Å². The van der Waals surface area contributed by atoms with Crippen molar-refractivity contribution in [3.8, 4) is 0 Å². The largest absolute Gasteiger partial charge is 0.326 e. The van der Waals surface area contributed by atoms with Crippen molar-refractivity contribution < 1.29 is 9.59 Å². The Balaban J connectivity index is 1.72. The van der Waals surface area contributed by atoms with Crippen molar-refractivity contribution in [2.75, 3.05) is 10.6 Å². The van der Waals surface area contributed by atoms with Gasteiger partial charge in [0.05, 0.1) is 10.2 Å². The first-order valence-corrected chi connectivity index (χ1v) is 9.50. The van der Waals surface area contributed by atoms with E-state index in [4.69, 9.17) is 0 Å². The number of nitrogens with zero attached hydrogens (tertiary/aromatic N) is 1. The molecule has 2 N–H and O–H groups in total. The molecule has 0 aliphatic heterocycles. The number of carbonyl (C=O) groups is 2. The standard InChI is InChI=1S/C20H21N3O2S/c1-3-13(4-2)18(24)21-15-9-7-8-14(12-15)19(25)23-20-22-16-10-5-6-11-17(16)26-20/h5-13H,3-4H2,1-2H3,(H,21,24)(H,22,23,25). The van der Waals surface area contributed by atoms with Crippen molar-refractivity contribution in [2.45, 2.75) is 26.7 Å². The Morgan fingerprint density at radius 3 is 2.54 bits per heavy atom. The van der Waals surface area contributed by atoms with E-state index in [0.29, 0.717) is 16.4 Å². The quantitative estimate of drug-likeness (QED) is 0.649. The molecule has 6 heteroatoms. The molecule has 0 atom stereocenters. The first kappa shape index (κ1) is 18.1. The number of fused-ring (bicyclic) bond motifs is 1. The summed E-state index contributed by atoms with van der Waals surface area (Å²) in [6, 6.07) is 14.7. The van der Waals surface area contributed by atoms with Crippen LogP contribution < -0.4 is 10.6 Å². The summed E-state index contributed by atoms with van der Waals surface area (Å²) in [5.74, 6) is -0.281. The van der Waals surface area contributed by atoms with Crippen LogP contribution in [0.5, 0.6) is 0 Å². The van der Waals surface area contributed by atoms with Crippen LogP contribution in [0.1, 0.15) is 37.0 Å². The maximum atomic E-state index is 12.5. The summed E-state index contributed by atoms with van der Waals surface area (Å²) >= 11 is 1.43. The number of para-hydroxylation sites is 1. The van der Waals surface area contributed by atoms with Gasteiger partial charge in [-0.25, -0.2) is 4.98 Å². The second-order valence-electron chi connectivity index (χ2n) is 6.02. The number of rotatable bonds is 6. The minimum atomic E-state index is -0.248. The molecule has 3 rings (SSSR count). The summed E-state index contributed by atoms with van der Waals surface area (Å²) in [6.07, 6.45) is 1.58. The van der Waals surface area contributed by atoms with E-state index < -0.39 is 0 Å². The first-order valence-electron chi connectivity index (χ1n) is 8.68. The topological polar surface area (TPSA) is 71.1 Å². The molecule has 2 amide bonds. The van der Waals surface area contributed by atoms with E-state index in [-0.39, 0.29) is 17.7 Å². The van der Waals surface area contributed by atoms with Gasteiger partial charge in [0.15, 0.2) is 5.13 Å². The smallest absolute Gasteiger partial charge is 0.257 e. The molecule has 0 saturated heterocycles. The van der Waals surface area contributed by atoms with E-state index in [9.17, 15) is 9.59 Å². The van der Waals surface area contributed by atoms with Crippen LogP contribution in [-0.4, -0.2) is 16.8 Å². The molecule has 0 radical (unpaired) electrons. The van der Waals surface area contributed by atoms with Crippen molar-refractivity contribution in [2.24, 2.45) is 5.92 Å². The van der Waals surface area contributed by atoms with Crippen molar-refractivity contribution >= 4 is 44.2 Å². The highest BCUT2D eigenvalue weighted by Gasteiger charge is 2.15. The third kappa shape index (κ3) is 4.08. The third-order valence-corrected chi connectivity index (χ3v) is 5.21. The van der Waals surface area contributed by atoms with Crippen LogP contribution in [0.25, 0.3) is 10.2 Å². The van der Waals surface area contributed by atoms with Gasteiger partial charge < -0.3 is 5.32 Å². The molecule has 0 unspecified atom stereocenters. The van der Waals surface area contributed by atoms with Crippen molar-refractivity contribution in [1.82, 2.24) is 4.98 Å². The third-order valence-electron chi connectivity index (χ3n) is 4.26. The first-order chi connectivity index (χ1) is 12.6. The molecular formula is C20H21N3O2S. The Bertz CT molecular complexity index is 898. The molecule has 0 spiro atoms. The lowest BCUT2D eigenvalue weighted by Gasteiger charge is -2.13. The number of hydrogen-bond donors (Lipinski definition) is 2. The average molecular weight is 367 g/mol. The average Bonchev–Trinajstić information content (AvgIpc) is 3.05. The molecular weight excluding hydrogens is 346 g/mol. The van der Waals surface area contributed by atoms with Gasteiger partial charge in [-0.05, 0) is 43.2 Å². The summed E-state index contributed by atoms with van der Waals surface area (Å²) in [5, 5.41) is 6.28. The van der Waals surface area contributed by atoms with E-state index in [2.05, 4.69) is 15.6 Å². The predicted molar refractivity (Wildman–Crippen MR) is 107 cm³/mol. The highest BCUT2D eigenvalue weighted by atomic mass is 32.1. The van der Waals surface area contributed by atoms with Gasteiger partial charge >= 0.3 is 0 Å². The molecule has 1 aromatic heterocycles. The molecule has 0 aliphatic carbocycles. The fraction of sp³-hybridized carbons (Fsp3) is 0.250. The fourth-order valence-electron chi connectivity index (χ4n) is 2.74. The van der Waals surface area contributed by atoms with Crippen molar-refractivity contribution in [3.05, 3.63) is 54.1 Å². The lowest BCUT2D eigenvalue weighted by molar-refractivity contribution is -0.120. The van der Waals surface area contributed by atoms with Crippen LogP contribution in [0.3, 0.4) is 0 Å². The fourth-order valence-corrected chi connectivity index (χ4v) is 3.60. The summed E-state index contributed by atoms with van der Waals surface area (Å²) < 4.78 is 1.02. The molecule has 0 fully saturated rings. The second-order valence-corrected chi connectivity index (χ2v) is 7.05. The number of hydrogen-bond acceptors (Lipinski definition) is 4. The van der Waals surface area contributed by atoms with Crippen LogP contribution in [0.4, 0.5) is 10.8 Å². The second kappa shape index (κ2) is 8.10. The van der Waals surface area contributed by atoms with Gasteiger partial charge in [0.1, 0.15) is 0 Å². The number of anilines is 2. The lowest BCUT2D eigenvalue weighted by atomic mass is 10.0. The predicted octanol–water partition coefficient (Wildman–Crippen LogP) is 4.92. The molecule has 0 saturated carbocycles. The summed E-state index contributed by atoms with van der Waals surface area (Å²) in [4.78, 5) is 29.2. The normalized spacial score (nSPS) is 10.9. The SMILES string of the molecule is CCC(CC)C(=O)Nc1cccc(C(=O)Nc2nc3ccccc3s2)c1. The minimum absolute atomic E-state index is 0.0151. The summed E-state index contributed by atoms with van der Waals surface area (Å²) in [5.41, 5.74) is 1.96. The van der Waals surface area contributed by atoms with Gasteiger partial charge in [-0.15, -0.1) is 0 Å².